The van der Waals surface area contributed by atoms with E-state index >= 15 is 0 Å². The first-order valence-corrected chi connectivity index (χ1v) is 12.8. The molecule has 3 aromatic rings. The molecule has 180 valence electrons. The van der Waals surface area contributed by atoms with Gasteiger partial charge in [-0.15, -0.1) is 10.2 Å². The van der Waals surface area contributed by atoms with Crippen LogP contribution in [-0.4, -0.2) is 53.2 Å². The number of rotatable bonds is 8. The van der Waals surface area contributed by atoms with Gasteiger partial charge in [-0.3, -0.25) is 14.9 Å². The highest BCUT2D eigenvalue weighted by Crippen LogP contribution is 2.26. The molecule has 3 heterocycles. The number of carbonyl (C=O) groups is 2. The summed E-state index contributed by atoms with van der Waals surface area (Å²) in [5.74, 6) is 0.362. The molecule has 1 aliphatic rings. The van der Waals surface area contributed by atoms with Crippen molar-refractivity contribution in [3.63, 3.8) is 0 Å². The fraction of sp³-hybridized carbons (Fsp3) is 0.261. The molecule has 1 aliphatic heterocycles. The van der Waals surface area contributed by atoms with Crippen LogP contribution in [0.3, 0.4) is 0 Å². The van der Waals surface area contributed by atoms with Gasteiger partial charge in [-0.05, 0) is 29.8 Å². The van der Waals surface area contributed by atoms with Crippen molar-refractivity contribution >= 4 is 57.7 Å². The average Bonchev–Trinajstić information content (AvgIpc) is 3.51. The molecule has 1 fully saturated rings. The van der Waals surface area contributed by atoms with Crippen LogP contribution in [-0.2, 0) is 26.5 Å². The van der Waals surface area contributed by atoms with Crippen LogP contribution in [0.5, 0.6) is 0 Å². The Hall–Kier alpha value is -3.17. The predicted octanol–water partition coefficient (Wildman–Crippen LogP) is 4.02. The summed E-state index contributed by atoms with van der Waals surface area (Å²) in [4.78, 5) is 26.6. The van der Waals surface area contributed by atoms with Gasteiger partial charge in [0, 0.05) is 29.9 Å². The molecule has 2 aromatic heterocycles. The first kappa shape index (κ1) is 24.9. The van der Waals surface area contributed by atoms with E-state index in [1.807, 2.05) is 30.3 Å². The minimum atomic E-state index is -0.638. The number of nitrogens with one attached hydrogen (secondary N) is 1. The van der Waals surface area contributed by atoms with Gasteiger partial charge >= 0.3 is 0 Å². The lowest BCUT2D eigenvalue weighted by atomic mass is 10.2. The number of amides is 2. The van der Waals surface area contributed by atoms with Crippen LogP contribution >= 0.6 is 34.7 Å². The Balaban J connectivity index is 1.32. The zero-order valence-corrected chi connectivity index (χ0v) is 20.8. The van der Waals surface area contributed by atoms with E-state index in [0.717, 1.165) is 16.9 Å². The van der Waals surface area contributed by atoms with Crippen molar-refractivity contribution in [3.05, 3.63) is 63.3 Å². The Morgan fingerprint density at radius 3 is 2.71 bits per heavy atom. The normalized spacial score (nSPS) is 13.9. The van der Waals surface area contributed by atoms with E-state index in [9.17, 15) is 14.9 Å². The van der Waals surface area contributed by atoms with Crippen LogP contribution in [0.15, 0.2) is 51.5 Å². The van der Waals surface area contributed by atoms with E-state index in [1.165, 1.54) is 17.8 Å². The molecular formula is C23H20ClN5O4S2. The van der Waals surface area contributed by atoms with Crippen LogP contribution in [0.2, 0.25) is 5.02 Å². The number of thioether (sulfide) groups is 1. The van der Waals surface area contributed by atoms with Crippen molar-refractivity contribution in [3.8, 4) is 6.07 Å². The molecule has 0 saturated carbocycles. The van der Waals surface area contributed by atoms with Crippen molar-refractivity contribution in [1.29, 1.82) is 5.26 Å². The molecule has 0 bridgehead atoms. The minimum Gasteiger partial charge on any atom is -0.450 e. The topological polar surface area (TPSA) is 121 Å². The summed E-state index contributed by atoms with van der Waals surface area (Å²) < 4.78 is 11.0. The molecule has 35 heavy (non-hydrogen) atoms. The van der Waals surface area contributed by atoms with Gasteiger partial charge < -0.3 is 14.1 Å². The first-order valence-electron chi connectivity index (χ1n) is 10.6. The highest BCUT2D eigenvalue weighted by molar-refractivity contribution is 7.98. The zero-order valence-electron chi connectivity index (χ0n) is 18.4. The van der Waals surface area contributed by atoms with E-state index in [1.54, 1.807) is 17.0 Å². The zero-order chi connectivity index (χ0) is 24.6. The monoisotopic (exact) mass is 529 g/mol. The third-order valence-electron chi connectivity index (χ3n) is 4.90. The molecular weight excluding hydrogens is 510 g/mol. The summed E-state index contributed by atoms with van der Waals surface area (Å²) in [6.45, 7) is 2.13. The van der Waals surface area contributed by atoms with Gasteiger partial charge in [-0.25, -0.2) is 0 Å². The molecule has 1 aromatic carbocycles. The van der Waals surface area contributed by atoms with Crippen LogP contribution in [0, 0.1) is 11.3 Å². The number of benzene rings is 1. The molecule has 9 nitrogen and oxygen atoms in total. The van der Waals surface area contributed by atoms with Gasteiger partial charge in [-0.1, -0.05) is 46.8 Å². The second-order valence-electron chi connectivity index (χ2n) is 7.37. The maximum Gasteiger partial charge on any atom is 0.268 e. The number of aromatic nitrogens is 2. The number of ether oxygens (including phenoxy) is 1. The number of hydrogen-bond donors (Lipinski definition) is 1. The lowest BCUT2D eigenvalue weighted by molar-refractivity contribution is -0.134. The molecule has 1 N–H and O–H groups in total. The van der Waals surface area contributed by atoms with E-state index in [0.29, 0.717) is 52.9 Å². The molecule has 4 rings (SSSR count). The summed E-state index contributed by atoms with van der Waals surface area (Å²) in [6.07, 6.45) is 1.46. The molecule has 0 spiro atoms. The summed E-state index contributed by atoms with van der Waals surface area (Å²) in [7, 11) is 0. The van der Waals surface area contributed by atoms with Crippen molar-refractivity contribution < 1.29 is 18.7 Å². The number of morpholine rings is 1. The maximum atomic E-state index is 12.6. The van der Waals surface area contributed by atoms with Crippen molar-refractivity contribution in [1.82, 2.24) is 15.1 Å². The van der Waals surface area contributed by atoms with Gasteiger partial charge in [0.15, 0.2) is 5.09 Å². The van der Waals surface area contributed by atoms with Crippen LogP contribution in [0.25, 0.3) is 6.08 Å². The predicted molar refractivity (Wildman–Crippen MR) is 133 cm³/mol. The molecule has 0 aliphatic carbocycles. The Bertz CT molecular complexity index is 1260. The number of nitrogens with zero attached hydrogens (tertiary/aromatic N) is 4. The van der Waals surface area contributed by atoms with Gasteiger partial charge in [0.25, 0.3) is 5.91 Å². The molecule has 12 heteroatoms. The number of halogens is 1. The SMILES string of the molecule is N#C/C(=C/c1ccc(SCc2ccc(Cl)cc2)o1)C(=O)Nc1nnc(CC(=O)N2CCOCC2)s1. The number of nitriles is 1. The second kappa shape index (κ2) is 12.0. The third-order valence-corrected chi connectivity index (χ3v) is 6.97. The van der Waals surface area contributed by atoms with Gasteiger partial charge in [-0.2, -0.15) is 5.26 Å². The average molecular weight is 530 g/mol. The van der Waals surface area contributed by atoms with E-state index in [4.69, 9.17) is 20.8 Å². The highest BCUT2D eigenvalue weighted by atomic mass is 35.5. The van der Waals surface area contributed by atoms with Crippen molar-refractivity contribution in [2.45, 2.75) is 17.3 Å². The standard InChI is InChI=1S/C23H20ClN5O4S2/c24-17-3-1-15(2-4-17)14-34-21-6-5-18(33-21)11-16(13-25)22(31)26-23-28-27-19(35-23)12-20(30)29-7-9-32-10-8-29/h1-6,11H,7-10,12,14H2,(H,26,28,31)/b16-11-. The quantitative estimate of drug-likeness (QED) is 0.264. The summed E-state index contributed by atoms with van der Waals surface area (Å²) in [5.41, 5.74) is 0.947. The van der Waals surface area contributed by atoms with Gasteiger partial charge in [0.2, 0.25) is 11.0 Å². The molecule has 1 saturated heterocycles. The molecule has 0 atom stereocenters. The maximum absolute atomic E-state index is 12.6. The first-order chi connectivity index (χ1) is 17.0. The summed E-state index contributed by atoms with van der Waals surface area (Å²) in [6, 6.07) is 12.9. The van der Waals surface area contributed by atoms with Crippen molar-refractivity contribution in [2.24, 2.45) is 0 Å². The Labute approximate surface area is 214 Å². The number of anilines is 1. The summed E-state index contributed by atoms with van der Waals surface area (Å²) in [5, 5.41) is 21.9. The van der Waals surface area contributed by atoms with Crippen LogP contribution < -0.4 is 5.32 Å². The van der Waals surface area contributed by atoms with E-state index in [2.05, 4.69) is 15.5 Å². The Morgan fingerprint density at radius 2 is 1.97 bits per heavy atom. The third kappa shape index (κ3) is 7.16. The smallest absolute Gasteiger partial charge is 0.268 e. The summed E-state index contributed by atoms with van der Waals surface area (Å²) >= 11 is 8.48. The Kier molecular flexibility index (Phi) is 8.54. The minimum absolute atomic E-state index is 0.0671. The molecule has 0 unspecified atom stereocenters. The number of hydrogen-bond acceptors (Lipinski definition) is 9. The second-order valence-corrected chi connectivity index (χ2v) is 9.84. The van der Waals surface area contributed by atoms with E-state index < -0.39 is 5.91 Å². The largest absolute Gasteiger partial charge is 0.450 e. The number of furan rings is 1. The lowest BCUT2D eigenvalue weighted by Gasteiger charge is -2.26. The van der Waals surface area contributed by atoms with E-state index in [-0.39, 0.29) is 23.0 Å². The number of carbonyl (C=O) groups excluding carboxylic acids is 2. The highest BCUT2D eigenvalue weighted by Gasteiger charge is 2.20. The lowest BCUT2D eigenvalue weighted by Crippen LogP contribution is -2.41. The van der Waals surface area contributed by atoms with Gasteiger partial charge in [0.1, 0.15) is 22.4 Å². The fourth-order valence-electron chi connectivity index (χ4n) is 3.11. The van der Waals surface area contributed by atoms with Gasteiger partial charge in [0.05, 0.1) is 19.6 Å². The molecule has 0 radical (unpaired) electrons. The van der Waals surface area contributed by atoms with Crippen molar-refractivity contribution in [2.75, 3.05) is 31.6 Å². The fourth-order valence-corrected chi connectivity index (χ4v) is 4.78. The Morgan fingerprint density at radius 1 is 1.20 bits per heavy atom. The molecule has 2 amide bonds. The van der Waals surface area contributed by atoms with Crippen LogP contribution in [0.1, 0.15) is 16.3 Å². The van der Waals surface area contributed by atoms with Crippen LogP contribution in [0.4, 0.5) is 5.13 Å².